The van der Waals surface area contributed by atoms with Gasteiger partial charge in [-0.15, -0.1) is 0 Å². The van der Waals surface area contributed by atoms with Crippen LogP contribution in [0.5, 0.6) is 0 Å². The Balaban J connectivity index is 1.11. The smallest absolute Gasteiger partial charge is 0.0543 e. The topological polar surface area (TPSA) is 6.48 Å². The number of benzene rings is 7. The van der Waals surface area contributed by atoms with E-state index in [1.165, 1.54) is 39.1 Å². The lowest BCUT2D eigenvalue weighted by Gasteiger charge is -2.29. The molecule has 238 valence electrons. The summed E-state index contributed by atoms with van der Waals surface area (Å²) in [5.41, 5.74) is 15.0. The van der Waals surface area contributed by atoms with Crippen molar-refractivity contribution in [3.63, 3.8) is 0 Å². The van der Waals surface area contributed by atoms with E-state index in [-0.39, 0.29) is 5.41 Å². The lowest BCUT2D eigenvalue weighted by Crippen LogP contribution is -2.19. The first-order valence-corrected chi connectivity index (χ1v) is 17.3. The predicted molar refractivity (Wildman–Crippen MR) is 207 cm³/mol. The highest BCUT2D eigenvalue weighted by molar-refractivity contribution is 5.95. The van der Waals surface area contributed by atoms with E-state index in [9.17, 15) is 0 Å². The zero-order chi connectivity index (χ0) is 33.2. The Bertz CT molecular complexity index is 2130. The normalized spacial score (nSPS) is 14.6. The van der Waals surface area contributed by atoms with Crippen LogP contribution in [0.25, 0.3) is 11.1 Å². The van der Waals surface area contributed by atoms with Crippen molar-refractivity contribution in [1.82, 2.24) is 0 Å². The van der Waals surface area contributed by atoms with Crippen LogP contribution in [0.3, 0.4) is 0 Å². The summed E-state index contributed by atoms with van der Waals surface area (Å²) in [5.74, 6) is 0. The van der Waals surface area contributed by atoms with Gasteiger partial charge in [0.2, 0.25) is 0 Å². The molecule has 8 rings (SSSR count). The zero-order valence-electron chi connectivity index (χ0n) is 28.1. The quantitative estimate of drug-likeness (QED) is 0.156. The molecule has 0 saturated carbocycles. The second-order valence-electron chi connectivity index (χ2n) is 13.1. The molecule has 2 nitrogen and oxygen atoms in total. The van der Waals surface area contributed by atoms with Gasteiger partial charge in [0.15, 0.2) is 0 Å². The van der Waals surface area contributed by atoms with Crippen molar-refractivity contribution in [1.29, 1.82) is 0 Å². The maximum atomic E-state index is 2.43. The average Bonchev–Trinajstić information content (AvgIpc) is 3.43. The minimum atomic E-state index is -0.0110. The standard InChI is InChI=1S/C47H40N2/c1-3-47(2)43-23-14-13-22-42(43)46-44(47)24-15-25-45(46)49(39-20-11-6-12-21-39)41-32-28-36(29-33-41)34-35-26-30-40(31-27-35)48(37-16-7-4-8-17-37)38-18-9-5-10-19-38/h4-33H,3,34H2,1-2H3. The van der Waals surface area contributed by atoms with Gasteiger partial charge in [-0.25, -0.2) is 0 Å². The van der Waals surface area contributed by atoms with Crippen molar-refractivity contribution in [3.05, 3.63) is 204 Å². The Hall–Kier alpha value is -5.86. The Labute approximate surface area is 290 Å². The molecule has 2 heteroatoms. The Morgan fingerprint density at radius 2 is 0.837 bits per heavy atom. The largest absolute Gasteiger partial charge is 0.311 e. The van der Waals surface area contributed by atoms with Gasteiger partial charge < -0.3 is 9.80 Å². The number of hydrogen-bond donors (Lipinski definition) is 0. The molecule has 0 spiro atoms. The molecule has 1 unspecified atom stereocenters. The van der Waals surface area contributed by atoms with Crippen LogP contribution in [0.2, 0.25) is 0 Å². The molecule has 7 aromatic rings. The summed E-state index contributed by atoms with van der Waals surface area (Å²) in [7, 11) is 0. The minimum Gasteiger partial charge on any atom is -0.311 e. The molecule has 0 fully saturated rings. The van der Waals surface area contributed by atoms with Crippen molar-refractivity contribution in [2.24, 2.45) is 0 Å². The molecule has 1 aliphatic rings. The van der Waals surface area contributed by atoms with E-state index < -0.39 is 0 Å². The highest BCUT2D eigenvalue weighted by atomic mass is 15.1. The summed E-state index contributed by atoms with van der Waals surface area (Å²) in [5, 5.41) is 0. The predicted octanol–water partition coefficient (Wildman–Crippen LogP) is 12.9. The van der Waals surface area contributed by atoms with Crippen molar-refractivity contribution in [3.8, 4) is 11.1 Å². The fourth-order valence-electron chi connectivity index (χ4n) is 7.54. The molecule has 7 aromatic carbocycles. The van der Waals surface area contributed by atoms with E-state index in [1.54, 1.807) is 0 Å². The SMILES string of the molecule is CCC1(C)c2ccccc2-c2c(N(c3ccccc3)c3ccc(Cc4ccc(N(c5ccccc5)c5ccccc5)cc4)cc3)cccc21. The first kappa shape index (κ1) is 30.5. The molecule has 0 radical (unpaired) electrons. The van der Waals surface area contributed by atoms with Crippen LogP contribution < -0.4 is 9.80 Å². The molecule has 0 heterocycles. The highest BCUT2D eigenvalue weighted by Gasteiger charge is 2.39. The number of nitrogens with zero attached hydrogens (tertiary/aromatic N) is 2. The minimum absolute atomic E-state index is 0.0110. The number of para-hydroxylation sites is 3. The first-order valence-electron chi connectivity index (χ1n) is 17.3. The summed E-state index contributed by atoms with van der Waals surface area (Å²) in [6.45, 7) is 4.71. The van der Waals surface area contributed by atoms with Crippen molar-refractivity contribution >= 4 is 34.1 Å². The Morgan fingerprint density at radius 3 is 1.37 bits per heavy atom. The van der Waals surface area contributed by atoms with Crippen LogP contribution in [0.15, 0.2) is 182 Å². The molecule has 0 saturated heterocycles. The zero-order valence-corrected chi connectivity index (χ0v) is 28.1. The summed E-state index contributed by atoms with van der Waals surface area (Å²) >= 11 is 0. The van der Waals surface area contributed by atoms with Gasteiger partial charge in [0, 0.05) is 39.4 Å². The number of anilines is 6. The summed E-state index contributed by atoms with van der Waals surface area (Å²) in [4.78, 5) is 4.73. The van der Waals surface area contributed by atoms with Crippen LogP contribution in [0.1, 0.15) is 42.5 Å². The fraction of sp³-hybridized carbons (Fsp3) is 0.106. The second kappa shape index (κ2) is 13.0. The molecule has 0 aliphatic heterocycles. The highest BCUT2D eigenvalue weighted by Crippen LogP contribution is 2.55. The molecule has 0 bridgehead atoms. The van der Waals surface area contributed by atoms with Crippen LogP contribution in [0.4, 0.5) is 34.1 Å². The molecule has 0 aromatic heterocycles. The van der Waals surface area contributed by atoms with E-state index in [1.807, 2.05) is 0 Å². The summed E-state index contributed by atoms with van der Waals surface area (Å²) in [6.07, 6.45) is 1.92. The van der Waals surface area contributed by atoms with Crippen LogP contribution in [-0.2, 0) is 11.8 Å². The van der Waals surface area contributed by atoms with Crippen molar-refractivity contribution in [2.75, 3.05) is 9.80 Å². The summed E-state index contributed by atoms with van der Waals surface area (Å²) in [6, 6.07) is 65.8. The lowest BCUT2D eigenvalue weighted by molar-refractivity contribution is 0.564. The third-order valence-corrected chi connectivity index (χ3v) is 10.2. The third kappa shape index (κ3) is 5.60. The number of fused-ring (bicyclic) bond motifs is 3. The number of hydrogen-bond acceptors (Lipinski definition) is 2. The second-order valence-corrected chi connectivity index (χ2v) is 13.1. The van der Waals surface area contributed by atoms with E-state index in [0.29, 0.717) is 0 Å². The van der Waals surface area contributed by atoms with E-state index in [4.69, 9.17) is 0 Å². The van der Waals surface area contributed by atoms with Gasteiger partial charge in [-0.3, -0.25) is 0 Å². The van der Waals surface area contributed by atoms with Gasteiger partial charge in [-0.05, 0) is 107 Å². The Kier molecular flexibility index (Phi) is 8.07. The molecule has 49 heavy (non-hydrogen) atoms. The Morgan fingerprint density at radius 1 is 0.408 bits per heavy atom. The molecule has 1 aliphatic carbocycles. The van der Waals surface area contributed by atoms with Crippen LogP contribution >= 0.6 is 0 Å². The van der Waals surface area contributed by atoms with Crippen LogP contribution in [-0.4, -0.2) is 0 Å². The molecular formula is C47H40N2. The van der Waals surface area contributed by atoms with Gasteiger partial charge in [0.25, 0.3) is 0 Å². The van der Waals surface area contributed by atoms with Crippen molar-refractivity contribution < 1.29 is 0 Å². The lowest BCUT2D eigenvalue weighted by atomic mass is 9.78. The van der Waals surface area contributed by atoms with Crippen molar-refractivity contribution in [2.45, 2.75) is 32.1 Å². The first-order chi connectivity index (χ1) is 24.1. The monoisotopic (exact) mass is 632 g/mol. The maximum absolute atomic E-state index is 2.43. The van der Waals surface area contributed by atoms with Gasteiger partial charge in [-0.1, -0.05) is 129 Å². The number of rotatable bonds is 9. The average molecular weight is 633 g/mol. The summed E-state index contributed by atoms with van der Waals surface area (Å²) < 4.78 is 0. The maximum Gasteiger partial charge on any atom is 0.0543 e. The van der Waals surface area contributed by atoms with Gasteiger partial charge >= 0.3 is 0 Å². The van der Waals surface area contributed by atoms with E-state index >= 15 is 0 Å². The molecule has 0 N–H and O–H groups in total. The van der Waals surface area contributed by atoms with Gasteiger partial charge in [-0.2, -0.15) is 0 Å². The van der Waals surface area contributed by atoms with Gasteiger partial charge in [0.1, 0.15) is 0 Å². The third-order valence-electron chi connectivity index (χ3n) is 10.2. The van der Waals surface area contributed by atoms with Crippen LogP contribution in [0, 0.1) is 0 Å². The van der Waals surface area contributed by atoms with E-state index in [0.717, 1.165) is 41.3 Å². The van der Waals surface area contributed by atoms with E-state index in [2.05, 4.69) is 206 Å². The molecule has 0 amide bonds. The fourth-order valence-corrected chi connectivity index (χ4v) is 7.54. The molecule has 1 atom stereocenters. The molecular weight excluding hydrogens is 593 g/mol. The van der Waals surface area contributed by atoms with Gasteiger partial charge in [0.05, 0.1) is 5.69 Å².